The van der Waals surface area contributed by atoms with Crippen LogP contribution in [0, 0.1) is 11.6 Å². The van der Waals surface area contributed by atoms with Crippen LogP contribution in [-0.2, 0) is 16.0 Å². The molecule has 0 aliphatic carbocycles. The Hall–Kier alpha value is -3.36. The Morgan fingerprint density at radius 2 is 1.53 bits per heavy atom. The number of hydrogen-bond donors (Lipinski definition) is 1. The number of rotatable bonds is 7. The molecule has 4 rings (SSSR count). The molecule has 3 aromatic carbocycles. The van der Waals surface area contributed by atoms with Crippen LogP contribution >= 0.6 is 23.8 Å². The Morgan fingerprint density at radius 3 is 2.15 bits per heavy atom. The number of halogens is 3. The summed E-state index contributed by atoms with van der Waals surface area (Å²) in [7, 11) is 0. The second kappa shape index (κ2) is 10.3. The quantitative estimate of drug-likeness (QED) is 0.454. The number of nitrogens with one attached hydrogen (secondary N) is 1. The molecule has 1 N–H and O–H groups in total. The zero-order chi connectivity index (χ0) is 24.2. The molecule has 3 aromatic rings. The van der Waals surface area contributed by atoms with Gasteiger partial charge in [-0.2, -0.15) is 0 Å². The molecule has 9 heteroatoms. The fourth-order valence-corrected chi connectivity index (χ4v) is 4.28. The molecule has 5 nitrogen and oxygen atoms in total. The summed E-state index contributed by atoms with van der Waals surface area (Å²) in [4.78, 5) is 29.1. The smallest absolute Gasteiger partial charge is 0.256 e. The summed E-state index contributed by atoms with van der Waals surface area (Å²) < 4.78 is 26.7. The molecule has 0 unspecified atom stereocenters. The van der Waals surface area contributed by atoms with Gasteiger partial charge in [-0.25, -0.2) is 8.78 Å². The van der Waals surface area contributed by atoms with E-state index in [1.165, 1.54) is 41.3 Å². The average Bonchev–Trinajstić information content (AvgIpc) is 3.04. The molecule has 0 saturated carbocycles. The van der Waals surface area contributed by atoms with Crippen molar-refractivity contribution in [3.63, 3.8) is 0 Å². The van der Waals surface area contributed by atoms with Gasteiger partial charge in [-0.05, 0) is 84.9 Å². The fraction of sp³-hybridized carbons (Fsp3) is 0.160. The van der Waals surface area contributed by atoms with Crippen LogP contribution in [0.4, 0.5) is 20.2 Å². The first kappa shape index (κ1) is 23.8. The van der Waals surface area contributed by atoms with E-state index in [0.717, 1.165) is 5.56 Å². The highest BCUT2D eigenvalue weighted by Crippen LogP contribution is 2.28. The number of thiocarbonyl (C=S) groups is 1. The van der Waals surface area contributed by atoms with Crippen LogP contribution in [0.25, 0.3) is 0 Å². The standard InChI is InChI=1S/C25H20ClF2N3O2S/c26-17-3-9-20(10-4-17)29-23(32)15-22-24(33)31(21-11-7-19(28)8-12-21)25(34)30(22)14-13-16-1-5-18(27)6-2-16/h1-12,22H,13-15H2,(H,29,32)/t22-/m1/s1. The largest absolute Gasteiger partial charge is 0.336 e. The van der Waals surface area contributed by atoms with Crippen LogP contribution in [0.15, 0.2) is 72.8 Å². The van der Waals surface area contributed by atoms with Gasteiger partial charge in [0.2, 0.25) is 5.91 Å². The molecular formula is C25H20ClF2N3O2S. The third-order valence-electron chi connectivity index (χ3n) is 5.46. The van der Waals surface area contributed by atoms with Gasteiger partial charge in [-0.15, -0.1) is 0 Å². The minimum absolute atomic E-state index is 0.136. The second-order valence-electron chi connectivity index (χ2n) is 7.78. The van der Waals surface area contributed by atoms with E-state index < -0.39 is 11.9 Å². The predicted octanol–water partition coefficient (Wildman–Crippen LogP) is 5.19. The van der Waals surface area contributed by atoms with Gasteiger partial charge < -0.3 is 10.2 Å². The number of carbonyl (C=O) groups excluding carboxylic acids is 2. The van der Waals surface area contributed by atoms with Crippen molar-refractivity contribution in [1.82, 2.24) is 4.90 Å². The van der Waals surface area contributed by atoms with Crippen molar-refractivity contribution in [3.05, 3.63) is 95.0 Å². The Bertz CT molecular complexity index is 1200. The van der Waals surface area contributed by atoms with E-state index in [-0.39, 0.29) is 29.2 Å². The lowest BCUT2D eigenvalue weighted by molar-refractivity contribution is -0.124. The second-order valence-corrected chi connectivity index (χ2v) is 8.58. The minimum Gasteiger partial charge on any atom is -0.336 e. The van der Waals surface area contributed by atoms with Crippen LogP contribution in [-0.4, -0.2) is 34.4 Å². The van der Waals surface area contributed by atoms with Gasteiger partial charge in [0.1, 0.15) is 17.7 Å². The van der Waals surface area contributed by atoms with E-state index in [0.29, 0.717) is 29.4 Å². The van der Waals surface area contributed by atoms with Crippen molar-refractivity contribution >= 4 is 52.1 Å². The first-order valence-corrected chi connectivity index (χ1v) is 11.3. The third-order valence-corrected chi connectivity index (χ3v) is 6.13. The summed E-state index contributed by atoms with van der Waals surface area (Å²) in [6, 6.07) is 17.3. The predicted molar refractivity (Wildman–Crippen MR) is 132 cm³/mol. The monoisotopic (exact) mass is 499 g/mol. The van der Waals surface area contributed by atoms with Crippen molar-refractivity contribution in [3.8, 4) is 0 Å². The number of benzene rings is 3. The Morgan fingerprint density at radius 1 is 0.941 bits per heavy atom. The lowest BCUT2D eigenvalue weighted by atomic mass is 10.1. The molecule has 0 bridgehead atoms. The Balaban J connectivity index is 1.55. The molecule has 0 radical (unpaired) electrons. The summed E-state index contributed by atoms with van der Waals surface area (Å²) in [5.74, 6) is -1.51. The topological polar surface area (TPSA) is 52.7 Å². The molecule has 1 heterocycles. The number of anilines is 2. The molecular weight excluding hydrogens is 480 g/mol. The summed E-state index contributed by atoms with van der Waals surface area (Å²) in [6.45, 7) is 0.340. The minimum atomic E-state index is -0.842. The van der Waals surface area contributed by atoms with Crippen molar-refractivity contribution in [2.75, 3.05) is 16.8 Å². The van der Waals surface area contributed by atoms with Crippen molar-refractivity contribution in [2.24, 2.45) is 0 Å². The zero-order valence-corrected chi connectivity index (χ0v) is 19.5. The van der Waals surface area contributed by atoms with Crippen molar-refractivity contribution < 1.29 is 18.4 Å². The summed E-state index contributed by atoms with van der Waals surface area (Å²) >= 11 is 11.5. The summed E-state index contributed by atoms with van der Waals surface area (Å²) in [5, 5.41) is 3.53. The maximum Gasteiger partial charge on any atom is 0.256 e. The molecule has 34 heavy (non-hydrogen) atoms. The van der Waals surface area contributed by atoms with Gasteiger partial charge in [0.25, 0.3) is 5.91 Å². The molecule has 2 amide bonds. The molecule has 1 aliphatic heterocycles. The maximum atomic E-state index is 13.4. The first-order chi connectivity index (χ1) is 16.3. The molecule has 1 aliphatic rings. The molecule has 1 fully saturated rings. The van der Waals surface area contributed by atoms with Gasteiger partial charge in [0, 0.05) is 17.3 Å². The third kappa shape index (κ3) is 5.40. The van der Waals surface area contributed by atoms with Gasteiger partial charge in [-0.1, -0.05) is 23.7 Å². The number of nitrogens with zero attached hydrogens (tertiary/aromatic N) is 2. The van der Waals surface area contributed by atoms with Crippen LogP contribution in [0.5, 0.6) is 0 Å². The lowest BCUT2D eigenvalue weighted by Crippen LogP contribution is -2.39. The van der Waals surface area contributed by atoms with Crippen molar-refractivity contribution in [2.45, 2.75) is 18.9 Å². The van der Waals surface area contributed by atoms with Gasteiger partial charge in [0.15, 0.2) is 5.11 Å². The van der Waals surface area contributed by atoms with Crippen LogP contribution < -0.4 is 10.2 Å². The normalized spacial score (nSPS) is 15.7. The zero-order valence-electron chi connectivity index (χ0n) is 17.9. The number of hydrogen-bond acceptors (Lipinski definition) is 3. The van der Waals surface area contributed by atoms with Gasteiger partial charge in [-0.3, -0.25) is 14.5 Å². The Kier molecular flexibility index (Phi) is 7.19. The molecule has 1 atom stereocenters. The highest BCUT2D eigenvalue weighted by Gasteiger charge is 2.43. The van der Waals surface area contributed by atoms with Crippen LogP contribution in [0.1, 0.15) is 12.0 Å². The molecule has 1 saturated heterocycles. The van der Waals surface area contributed by atoms with Crippen LogP contribution in [0.3, 0.4) is 0 Å². The van der Waals surface area contributed by atoms with Crippen LogP contribution in [0.2, 0.25) is 5.02 Å². The first-order valence-electron chi connectivity index (χ1n) is 10.5. The van der Waals surface area contributed by atoms with E-state index in [9.17, 15) is 18.4 Å². The SMILES string of the molecule is O=C(C[C@@H]1C(=O)N(c2ccc(F)cc2)C(=S)N1CCc1ccc(F)cc1)Nc1ccc(Cl)cc1. The average molecular weight is 500 g/mol. The highest BCUT2D eigenvalue weighted by atomic mass is 35.5. The van der Waals surface area contributed by atoms with E-state index in [1.807, 2.05) is 0 Å². The summed E-state index contributed by atoms with van der Waals surface area (Å²) in [5.41, 5.74) is 1.83. The molecule has 0 spiro atoms. The maximum absolute atomic E-state index is 13.4. The van der Waals surface area contributed by atoms with Crippen molar-refractivity contribution in [1.29, 1.82) is 0 Å². The number of carbonyl (C=O) groups is 2. The van der Waals surface area contributed by atoms with E-state index in [4.69, 9.17) is 23.8 Å². The van der Waals surface area contributed by atoms with E-state index in [1.54, 1.807) is 41.3 Å². The van der Waals surface area contributed by atoms with E-state index in [2.05, 4.69) is 5.32 Å². The Labute approximate surface area is 205 Å². The lowest BCUT2D eigenvalue weighted by Gasteiger charge is -2.24. The van der Waals surface area contributed by atoms with E-state index >= 15 is 0 Å². The molecule has 174 valence electrons. The van der Waals surface area contributed by atoms with Gasteiger partial charge >= 0.3 is 0 Å². The van der Waals surface area contributed by atoms with Gasteiger partial charge in [0.05, 0.1) is 12.1 Å². The summed E-state index contributed by atoms with van der Waals surface area (Å²) in [6.07, 6.45) is 0.350. The highest BCUT2D eigenvalue weighted by molar-refractivity contribution is 7.80. The number of amides is 2. The molecule has 0 aromatic heterocycles. The fourth-order valence-electron chi connectivity index (χ4n) is 3.74.